The lowest BCUT2D eigenvalue weighted by Gasteiger charge is -2.19. The summed E-state index contributed by atoms with van der Waals surface area (Å²) in [5.41, 5.74) is 1.24. The molecule has 1 aromatic carbocycles. The molecule has 0 radical (unpaired) electrons. The summed E-state index contributed by atoms with van der Waals surface area (Å²) in [7, 11) is 0. The Morgan fingerprint density at radius 3 is 2.80 bits per heavy atom. The molecule has 0 aromatic heterocycles. The molecule has 0 unspecified atom stereocenters. The lowest BCUT2D eigenvalue weighted by molar-refractivity contribution is -0.130. The Hall–Kier alpha value is -1.49. The number of thioether (sulfide) groups is 1. The van der Waals surface area contributed by atoms with Gasteiger partial charge in [-0.15, -0.1) is 11.8 Å². The molecule has 1 fully saturated rings. The average Bonchev–Trinajstić information content (AvgIpc) is 2.66. The van der Waals surface area contributed by atoms with Gasteiger partial charge in [0.25, 0.3) is 0 Å². The number of amides is 2. The topological polar surface area (TPSA) is 49.4 Å². The van der Waals surface area contributed by atoms with E-state index in [-0.39, 0.29) is 11.8 Å². The van der Waals surface area contributed by atoms with Gasteiger partial charge in [0.15, 0.2) is 0 Å². The maximum absolute atomic E-state index is 12.1. The van der Waals surface area contributed by atoms with Gasteiger partial charge in [0.2, 0.25) is 11.8 Å². The lowest BCUT2D eigenvalue weighted by Crippen LogP contribution is -2.34. The predicted octanol–water partition coefficient (Wildman–Crippen LogP) is 1.83. The van der Waals surface area contributed by atoms with E-state index >= 15 is 0 Å². The molecule has 1 aromatic rings. The van der Waals surface area contributed by atoms with Crippen molar-refractivity contribution in [3.05, 3.63) is 29.8 Å². The highest BCUT2D eigenvalue weighted by atomic mass is 32.2. The summed E-state index contributed by atoms with van der Waals surface area (Å²) in [4.78, 5) is 26.3. The minimum absolute atomic E-state index is 0.0364. The third kappa shape index (κ3) is 4.56. The van der Waals surface area contributed by atoms with E-state index in [2.05, 4.69) is 36.5 Å². The van der Waals surface area contributed by atoms with Crippen molar-refractivity contribution in [3.63, 3.8) is 0 Å². The van der Waals surface area contributed by atoms with Crippen molar-refractivity contribution in [3.8, 4) is 0 Å². The summed E-state index contributed by atoms with van der Waals surface area (Å²) in [6.07, 6.45) is 0.934. The second-order valence-electron chi connectivity index (χ2n) is 4.89. The minimum Gasteiger partial charge on any atom is -0.354 e. The first-order valence-corrected chi connectivity index (χ1v) is 7.87. The van der Waals surface area contributed by atoms with Gasteiger partial charge in [0.1, 0.15) is 0 Å². The Morgan fingerprint density at radius 1 is 1.30 bits per heavy atom. The first kappa shape index (κ1) is 14.9. The van der Waals surface area contributed by atoms with Crippen LogP contribution in [0, 0.1) is 6.92 Å². The number of hydrogen-bond acceptors (Lipinski definition) is 3. The molecule has 0 atom stereocenters. The second-order valence-corrected chi connectivity index (χ2v) is 6.06. The summed E-state index contributed by atoms with van der Waals surface area (Å²) in [5, 5.41) is 2.78. The monoisotopic (exact) mass is 292 g/mol. The molecule has 1 aliphatic rings. The standard InChI is InChI=1S/C15H20N2O2S/c1-12-2-4-13(5-3-12)20-11-7-15(19)17-9-6-14(18)16-8-10-17/h2-5H,6-11H2,1H3,(H,16,18). The number of rotatable bonds is 4. The molecule has 2 rings (SSSR count). The number of benzene rings is 1. The van der Waals surface area contributed by atoms with Crippen LogP contribution >= 0.6 is 11.8 Å². The molecule has 0 spiro atoms. The maximum Gasteiger partial charge on any atom is 0.223 e. The fraction of sp³-hybridized carbons (Fsp3) is 0.467. The number of aryl methyl sites for hydroxylation is 1. The van der Waals surface area contributed by atoms with Crippen molar-refractivity contribution in [1.29, 1.82) is 0 Å². The summed E-state index contributed by atoms with van der Waals surface area (Å²) in [6.45, 7) is 3.79. The summed E-state index contributed by atoms with van der Waals surface area (Å²) in [6, 6.07) is 8.32. The second kappa shape index (κ2) is 7.33. The van der Waals surface area contributed by atoms with Crippen LogP contribution < -0.4 is 5.32 Å². The van der Waals surface area contributed by atoms with Crippen molar-refractivity contribution in [2.45, 2.75) is 24.7 Å². The smallest absolute Gasteiger partial charge is 0.223 e. The third-order valence-corrected chi connectivity index (χ3v) is 4.28. The fourth-order valence-electron chi connectivity index (χ4n) is 2.07. The normalized spacial score (nSPS) is 15.7. The van der Waals surface area contributed by atoms with Crippen molar-refractivity contribution in [1.82, 2.24) is 10.2 Å². The first-order valence-electron chi connectivity index (χ1n) is 6.89. The number of carbonyl (C=O) groups is 2. The molecule has 108 valence electrons. The SMILES string of the molecule is Cc1ccc(SCCC(=O)N2CCNC(=O)CC2)cc1. The van der Waals surface area contributed by atoms with Gasteiger partial charge in [-0.3, -0.25) is 9.59 Å². The van der Waals surface area contributed by atoms with Crippen LogP contribution in [0.2, 0.25) is 0 Å². The number of nitrogens with zero attached hydrogens (tertiary/aromatic N) is 1. The van der Waals surface area contributed by atoms with Crippen LogP contribution in [-0.2, 0) is 9.59 Å². The highest BCUT2D eigenvalue weighted by Gasteiger charge is 2.17. The van der Waals surface area contributed by atoms with Crippen LogP contribution in [0.5, 0.6) is 0 Å². The Kier molecular flexibility index (Phi) is 5.47. The van der Waals surface area contributed by atoms with Crippen LogP contribution in [-0.4, -0.2) is 42.1 Å². The molecule has 20 heavy (non-hydrogen) atoms. The molecule has 0 saturated carbocycles. The van der Waals surface area contributed by atoms with Crippen molar-refractivity contribution in [2.24, 2.45) is 0 Å². The van der Waals surface area contributed by atoms with E-state index in [4.69, 9.17) is 0 Å². The Balaban J connectivity index is 1.74. The van der Waals surface area contributed by atoms with Crippen LogP contribution in [0.3, 0.4) is 0 Å². The molecule has 0 aliphatic carbocycles. The fourth-order valence-corrected chi connectivity index (χ4v) is 2.91. The van der Waals surface area contributed by atoms with E-state index in [1.807, 2.05) is 0 Å². The highest BCUT2D eigenvalue weighted by Crippen LogP contribution is 2.19. The van der Waals surface area contributed by atoms with Crippen molar-refractivity contribution in [2.75, 3.05) is 25.4 Å². The molecule has 1 saturated heterocycles. The van der Waals surface area contributed by atoms with Gasteiger partial charge in [-0.1, -0.05) is 17.7 Å². The number of carbonyl (C=O) groups excluding carboxylic acids is 2. The van der Waals surface area contributed by atoms with E-state index in [0.29, 0.717) is 32.5 Å². The van der Waals surface area contributed by atoms with Gasteiger partial charge in [-0.25, -0.2) is 0 Å². The van der Waals surface area contributed by atoms with E-state index in [0.717, 1.165) is 5.75 Å². The Labute approximate surface area is 123 Å². The zero-order valence-electron chi connectivity index (χ0n) is 11.7. The molecule has 2 amide bonds. The van der Waals surface area contributed by atoms with Crippen LogP contribution in [0.25, 0.3) is 0 Å². The molecule has 1 N–H and O–H groups in total. The van der Waals surface area contributed by atoms with Gasteiger partial charge < -0.3 is 10.2 Å². The summed E-state index contributed by atoms with van der Waals surface area (Å²) in [5.74, 6) is 0.954. The summed E-state index contributed by atoms with van der Waals surface area (Å²) >= 11 is 1.70. The minimum atomic E-state index is 0.0364. The molecular weight excluding hydrogens is 272 g/mol. The van der Waals surface area contributed by atoms with Crippen molar-refractivity contribution < 1.29 is 9.59 Å². The molecule has 1 heterocycles. The Morgan fingerprint density at radius 2 is 2.05 bits per heavy atom. The summed E-state index contributed by atoms with van der Waals surface area (Å²) < 4.78 is 0. The van der Waals surface area contributed by atoms with Gasteiger partial charge in [-0.05, 0) is 19.1 Å². The zero-order chi connectivity index (χ0) is 14.4. The lowest BCUT2D eigenvalue weighted by atomic mass is 10.2. The van der Waals surface area contributed by atoms with Gasteiger partial charge >= 0.3 is 0 Å². The highest BCUT2D eigenvalue weighted by molar-refractivity contribution is 7.99. The van der Waals surface area contributed by atoms with E-state index in [1.165, 1.54) is 10.5 Å². The van der Waals surface area contributed by atoms with Gasteiger partial charge in [0.05, 0.1) is 0 Å². The Bertz CT molecular complexity index is 473. The maximum atomic E-state index is 12.1. The largest absolute Gasteiger partial charge is 0.354 e. The number of nitrogens with one attached hydrogen (secondary N) is 1. The van der Waals surface area contributed by atoms with Crippen molar-refractivity contribution >= 4 is 23.6 Å². The van der Waals surface area contributed by atoms with Crippen LogP contribution in [0.1, 0.15) is 18.4 Å². The quantitative estimate of drug-likeness (QED) is 0.861. The zero-order valence-corrected chi connectivity index (χ0v) is 12.5. The van der Waals surface area contributed by atoms with E-state index in [9.17, 15) is 9.59 Å². The van der Waals surface area contributed by atoms with E-state index in [1.54, 1.807) is 16.7 Å². The third-order valence-electron chi connectivity index (χ3n) is 3.27. The molecule has 4 nitrogen and oxygen atoms in total. The molecule has 1 aliphatic heterocycles. The van der Waals surface area contributed by atoms with Crippen LogP contribution in [0.4, 0.5) is 0 Å². The predicted molar refractivity (Wildman–Crippen MR) is 80.7 cm³/mol. The molecule has 0 bridgehead atoms. The average molecular weight is 292 g/mol. The molecular formula is C15H20N2O2S. The van der Waals surface area contributed by atoms with Crippen LogP contribution in [0.15, 0.2) is 29.2 Å². The van der Waals surface area contributed by atoms with Gasteiger partial charge in [0, 0.05) is 43.1 Å². The first-order chi connectivity index (χ1) is 9.65. The number of hydrogen-bond donors (Lipinski definition) is 1. The van der Waals surface area contributed by atoms with E-state index < -0.39 is 0 Å². The molecule has 5 heteroatoms. The van der Waals surface area contributed by atoms with Gasteiger partial charge in [-0.2, -0.15) is 0 Å².